The predicted molar refractivity (Wildman–Crippen MR) is 145 cm³/mol. The molecular weight excluding hydrogens is 529 g/mol. The molecule has 0 aliphatic heterocycles. The lowest BCUT2D eigenvalue weighted by Gasteiger charge is -2.14. The number of carbonyl (C=O) groups is 1. The summed E-state index contributed by atoms with van der Waals surface area (Å²) in [6.07, 6.45) is -3.88. The number of pyridine rings is 2. The minimum absolute atomic E-state index is 0.0440. The number of hydrogen-bond acceptors (Lipinski definition) is 7. The summed E-state index contributed by atoms with van der Waals surface area (Å²) < 4.78 is 49.7. The van der Waals surface area contributed by atoms with Crippen molar-refractivity contribution in [3.05, 3.63) is 83.4 Å². The van der Waals surface area contributed by atoms with Crippen LogP contribution in [0.2, 0.25) is 0 Å². The molecule has 0 unspecified atom stereocenters. The molecule has 0 aliphatic rings. The summed E-state index contributed by atoms with van der Waals surface area (Å²) in [5.41, 5.74) is 8.65. The molecule has 0 radical (unpaired) electrons. The van der Waals surface area contributed by atoms with Gasteiger partial charge in [-0.25, -0.2) is 9.97 Å². The van der Waals surface area contributed by atoms with E-state index in [1.807, 2.05) is 42.5 Å². The number of aromatic nitrogens is 2. The minimum Gasteiger partial charge on any atom is -0.497 e. The van der Waals surface area contributed by atoms with Gasteiger partial charge in [-0.15, -0.1) is 11.3 Å². The van der Waals surface area contributed by atoms with Crippen molar-refractivity contribution in [1.82, 2.24) is 9.97 Å². The molecular formula is C28H21F3N4O3S. The number of hydrogen-bond donors (Lipinski definition) is 2. The molecule has 0 saturated heterocycles. The summed E-state index contributed by atoms with van der Waals surface area (Å²) in [6, 6.07) is 18.7. The molecule has 3 N–H and O–H groups in total. The largest absolute Gasteiger partial charge is 0.497 e. The Morgan fingerprint density at radius 2 is 1.74 bits per heavy atom. The van der Waals surface area contributed by atoms with Crippen LogP contribution in [0.25, 0.3) is 32.6 Å². The van der Waals surface area contributed by atoms with Gasteiger partial charge in [-0.3, -0.25) is 4.79 Å². The SMILES string of the molecule is COc1ccc(OC)c(-c2cc(-c3ccccc3)nc3sc(C(=O)Nc4ccc(C(F)(F)F)cn4)c(N)c23)c1. The van der Waals surface area contributed by atoms with E-state index in [0.29, 0.717) is 44.7 Å². The number of nitrogens with one attached hydrogen (secondary N) is 1. The molecule has 0 fully saturated rings. The second kappa shape index (κ2) is 10.3. The third-order valence-electron chi connectivity index (χ3n) is 6.00. The number of alkyl halides is 3. The first-order valence-corrected chi connectivity index (χ1v) is 12.4. The molecule has 5 rings (SSSR count). The maximum Gasteiger partial charge on any atom is 0.417 e. The monoisotopic (exact) mass is 550 g/mol. The topological polar surface area (TPSA) is 99.4 Å². The molecule has 11 heteroatoms. The third-order valence-corrected chi connectivity index (χ3v) is 7.10. The van der Waals surface area contributed by atoms with Crippen LogP contribution in [-0.4, -0.2) is 30.1 Å². The van der Waals surface area contributed by atoms with E-state index in [1.54, 1.807) is 26.4 Å². The van der Waals surface area contributed by atoms with E-state index in [-0.39, 0.29) is 16.4 Å². The van der Waals surface area contributed by atoms with Gasteiger partial charge in [0.05, 0.1) is 31.2 Å². The van der Waals surface area contributed by atoms with Crippen molar-refractivity contribution in [1.29, 1.82) is 0 Å². The molecule has 3 heterocycles. The van der Waals surface area contributed by atoms with Crippen molar-refractivity contribution in [2.24, 2.45) is 0 Å². The number of amides is 1. The van der Waals surface area contributed by atoms with Gasteiger partial charge in [0.25, 0.3) is 5.91 Å². The number of methoxy groups -OCH3 is 2. The van der Waals surface area contributed by atoms with Gasteiger partial charge in [-0.1, -0.05) is 30.3 Å². The highest BCUT2D eigenvalue weighted by Gasteiger charge is 2.31. The smallest absolute Gasteiger partial charge is 0.417 e. The van der Waals surface area contributed by atoms with Gasteiger partial charge >= 0.3 is 6.18 Å². The molecule has 2 aromatic carbocycles. The molecule has 0 bridgehead atoms. The van der Waals surface area contributed by atoms with E-state index in [9.17, 15) is 18.0 Å². The Balaban J connectivity index is 1.65. The maximum atomic E-state index is 13.2. The lowest BCUT2D eigenvalue weighted by Crippen LogP contribution is -2.14. The van der Waals surface area contributed by atoms with Crippen LogP contribution in [-0.2, 0) is 6.18 Å². The average Bonchev–Trinajstić information content (AvgIpc) is 3.28. The molecule has 39 heavy (non-hydrogen) atoms. The van der Waals surface area contributed by atoms with Crippen LogP contribution < -0.4 is 20.5 Å². The number of nitrogens with two attached hydrogens (primary N) is 1. The number of nitrogens with zero attached hydrogens (tertiary/aromatic N) is 2. The number of nitrogen functional groups attached to an aromatic ring is 1. The van der Waals surface area contributed by atoms with E-state index in [4.69, 9.17) is 20.2 Å². The number of fused-ring (bicyclic) bond motifs is 1. The van der Waals surface area contributed by atoms with Crippen LogP contribution in [0.4, 0.5) is 24.7 Å². The Labute approximate surface area is 225 Å². The van der Waals surface area contributed by atoms with E-state index >= 15 is 0 Å². The van der Waals surface area contributed by atoms with Gasteiger partial charge < -0.3 is 20.5 Å². The van der Waals surface area contributed by atoms with Gasteiger partial charge in [-0.2, -0.15) is 13.2 Å². The van der Waals surface area contributed by atoms with Gasteiger partial charge in [0, 0.05) is 28.3 Å². The predicted octanol–water partition coefficient (Wildman–Crippen LogP) is 6.90. The number of ether oxygens (including phenoxy) is 2. The Kier molecular flexibility index (Phi) is 6.83. The van der Waals surface area contributed by atoms with Gasteiger partial charge in [-0.05, 0) is 36.4 Å². The van der Waals surface area contributed by atoms with Crippen LogP contribution >= 0.6 is 11.3 Å². The van der Waals surface area contributed by atoms with E-state index in [1.165, 1.54) is 0 Å². The van der Waals surface area contributed by atoms with Crippen LogP contribution in [0, 0.1) is 0 Å². The molecule has 0 spiro atoms. The zero-order chi connectivity index (χ0) is 27.7. The van der Waals surface area contributed by atoms with Crippen LogP contribution in [0.1, 0.15) is 15.2 Å². The fourth-order valence-electron chi connectivity index (χ4n) is 4.09. The third kappa shape index (κ3) is 5.08. The summed E-state index contributed by atoms with van der Waals surface area (Å²) in [6.45, 7) is 0. The molecule has 1 amide bonds. The Bertz CT molecular complexity index is 1670. The zero-order valence-electron chi connectivity index (χ0n) is 20.7. The Hall–Kier alpha value is -4.64. The van der Waals surface area contributed by atoms with Crippen molar-refractivity contribution in [2.45, 2.75) is 6.18 Å². The summed E-state index contributed by atoms with van der Waals surface area (Å²) in [5, 5.41) is 3.06. The highest BCUT2D eigenvalue weighted by Crippen LogP contribution is 2.45. The number of thiophene rings is 1. The highest BCUT2D eigenvalue weighted by molar-refractivity contribution is 7.21. The van der Waals surface area contributed by atoms with E-state index in [0.717, 1.165) is 29.0 Å². The quantitative estimate of drug-likeness (QED) is 0.239. The molecule has 0 atom stereocenters. The van der Waals surface area contributed by atoms with Crippen molar-refractivity contribution in [2.75, 3.05) is 25.3 Å². The summed E-state index contributed by atoms with van der Waals surface area (Å²) >= 11 is 1.07. The first kappa shape index (κ1) is 26.0. The van der Waals surface area contributed by atoms with Gasteiger partial charge in [0.2, 0.25) is 0 Å². The van der Waals surface area contributed by atoms with Crippen molar-refractivity contribution in [3.8, 4) is 33.9 Å². The lowest BCUT2D eigenvalue weighted by molar-refractivity contribution is -0.137. The molecule has 0 saturated carbocycles. The number of halogens is 3. The zero-order valence-corrected chi connectivity index (χ0v) is 21.5. The van der Waals surface area contributed by atoms with Gasteiger partial charge in [0.15, 0.2) is 0 Å². The molecule has 3 aromatic heterocycles. The fourth-order valence-corrected chi connectivity index (χ4v) is 5.11. The molecule has 198 valence electrons. The highest BCUT2D eigenvalue weighted by atomic mass is 32.1. The fraction of sp³-hybridized carbons (Fsp3) is 0.107. The first-order valence-electron chi connectivity index (χ1n) is 11.5. The van der Waals surface area contributed by atoms with Crippen molar-refractivity contribution in [3.63, 3.8) is 0 Å². The van der Waals surface area contributed by atoms with Crippen molar-refractivity contribution < 1.29 is 27.4 Å². The maximum absolute atomic E-state index is 13.2. The summed E-state index contributed by atoms with van der Waals surface area (Å²) in [4.78, 5) is 22.3. The average molecular weight is 551 g/mol. The number of rotatable bonds is 6. The molecule has 0 aliphatic carbocycles. The Morgan fingerprint density at radius 1 is 0.974 bits per heavy atom. The van der Waals surface area contributed by atoms with Crippen LogP contribution in [0.5, 0.6) is 11.5 Å². The van der Waals surface area contributed by atoms with Crippen molar-refractivity contribution >= 4 is 39.0 Å². The number of benzene rings is 2. The number of carbonyl (C=O) groups excluding carboxylic acids is 1. The Morgan fingerprint density at radius 3 is 2.38 bits per heavy atom. The first-order chi connectivity index (χ1) is 18.7. The summed E-state index contributed by atoms with van der Waals surface area (Å²) in [7, 11) is 3.11. The van der Waals surface area contributed by atoms with E-state index < -0.39 is 17.6 Å². The van der Waals surface area contributed by atoms with E-state index in [2.05, 4.69) is 10.3 Å². The minimum atomic E-state index is -4.54. The number of anilines is 2. The normalized spacial score (nSPS) is 11.4. The molecule has 5 aromatic rings. The van der Waals surface area contributed by atoms with Crippen LogP contribution in [0.15, 0.2) is 72.9 Å². The summed E-state index contributed by atoms with van der Waals surface area (Å²) in [5.74, 6) is 0.495. The van der Waals surface area contributed by atoms with Crippen LogP contribution in [0.3, 0.4) is 0 Å². The standard InChI is InChI=1S/C28H21F3N4O3S/c1-37-17-9-10-21(38-2)18(12-17)19-13-20(15-6-4-3-5-7-15)34-27-23(19)24(32)25(39-27)26(36)35-22-11-8-16(14-33-22)28(29,30)31/h3-14H,32H2,1-2H3,(H,33,35,36). The molecule has 7 nitrogen and oxygen atoms in total. The second-order valence-electron chi connectivity index (χ2n) is 8.40. The lowest BCUT2D eigenvalue weighted by atomic mass is 9.98. The van der Waals surface area contributed by atoms with Gasteiger partial charge in [0.1, 0.15) is 27.0 Å². The second-order valence-corrected chi connectivity index (χ2v) is 9.40.